The zero-order valence-electron chi connectivity index (χ0n) is 22.8. The zero-order valence-corrected chi connectivity index (χ0v) is 22.8. The Morgan fingerprint density at radius 1 is 0.524 bits per heavy atom. The molecule has 0 N–H and O–H groups in total. The summed E-state index contributed by atoms with van der Waals surface area (Å²) in [5.41, 5.74) is 10.3. The number of hydrogen-bond donors (Lipinski definition) is 0. The summed E-state index contributed by atoms with van der Waals surface area (Å²) in [6, 6.07) is 42.5. The third kappa shape index (κ3) is 3.05. The van der Waals surface area contributed by atoms with Gasteiger partial charge in [-0.3, -0.25) is 0 Å². The minimum absolute atomic E-state index is 0.678. The Labute approximate surface area is 241 Å². The first-order valence-corrected chi connectivity index (χ1v) is 14.1. The summed E-state index contributed by atoms with van der Waals surface area (Å²) in [6.07, 6.45) is 0. The van der Waals surface area contributed by atoms with Crippen molar-refractivity contribution in [1.82, 2.24) is 9.13 Å². The highest BCUT2D eigenvalue weighted by molar-refractivity contribution is 6.16. The van der Waals surface area contributed by atoms with Gasteiger partial charge in [0.05, 0.1) is 23.1 Å². The molecular weight excluding hydrogens is 514 g/mol. The van der Waals surface area contributed by atoms with Crippen LogP contribution in [0.25, 0.3) is 81.8 Å². The number of para-hydroxylation sites is 2. The summed E-state index contributed by atoms with van der Waals surface area (Å²) < 4.78 is 10.8. The lowest BCUT2D eigenvalue weighted by atomic mass is 10.1. The Hall–Kier alpha value is -5.79. The summed E-state index contributed by atoms with van der Waals surface area (Å²) in [5, 5.41) is 6.74. The van der Waals surface area contributed by atoms with E-state index in [2.05, 4.69) is 124 Å². The molecule has 0 aliphatic heterocycles. The maximum Gasteiger partial charge on any atom is 0.197 e. The molecule has 0 amide bonds. The Kier molecular flexibility index (Phi) is 4.57. The van der Waals surface area contributed by atoms with Crippen LogP contribution in [-0.4, -0.2) is 9.13 Å². The molecule has 0 aliphatic rings. The van der Waals surface area contributed by atoms with E-state index in [1.54, 1.807) is 0 Å². The van der Waals surface area contributed by atoms with Gasteiger partial charge in [-0.1, -0.05) is 60.2 Å². The first-order valence-electron chi connectivity index (χ1n) is 14.1. The van der Waals surface area contributed by atoms with E-state index < -0.39 is 0 Å². The molecule has 9 rings (SSSR count). The fourth-order valence-corrected chi connectivity index (χ4v) is 6.77. The topological polar surface area (TPSA) is 27.4 Å². The van der Waals surface area contributed by atoms with Gasteiger partial charge in [0.25, 0.3) is 0 Å². The number of aryl methyl sites for hydroxylation is 1. The van der Waals surface area contributed by atoms with Gasteiger partial charge < -0.3 is 13.6 Å². The van der Waals surface area contributed by atoms with Crippen molar-refractivity contribution in [3.63, 3.8) is 0 Å². The number of rotatable bonds is 2. The van der Waals surface area contributed by atoms with Crippen LogP contribution in [0.4, 0.5) is 5.69 Å². The number of fused-ring (bicyclic) bond motifs is 9. The predicted octanol–water partition coefficient (Wildman–Crippen LogP) is 10.6. The van der Waals surface area contributed by atoms with E-state index >= 15 is 0 Å². The maximum atomic E-state index is 7.80. The van der Waals surface area contributed by atoms with Crippen molar-refractivity contribution in [1.29, 1.82) is 0 Å². The molecule has 42 heavy (non-hydrogen) atoms. The van der Waals surface area contributed by atoms with Crippen molar-refractivity contribution >= 4 is 71.2 Å². The molecule has 9 aromatic rings. The minimum atomic E-state index is 0.678. The molecule has 0 aliphatic carbocycles. The first-order chi connectivity index (χ1) is 20.7. The van der Waals surface area contributed by atoms with Crippen molar-refractivity contribution in [2.75, 3.05) is 0 Å². The lowest BCUT2D eigenvalue weighted by molar-refractivity contribution is 0.669. The van der Waals surface area contributed by atoms with Gasteiger partial charge in [-0.15, -0.1) is 0 Å². The monoisotopic (exact) mass is 537 g/mol. The lowest BCUT2D eigenvalue weighted by Crippen LogP contribution is -1.95. The molecule has 4 heteroatoms. The molecule has 6 aromatic carbocycles. The van der Waals surface area contributed by atoms with Crippen LogP contribution in [0.3, 0.4) is 0 Å². The standard InChI is InChI=1S/C38H23N3O/c1-23-14-18-36-29(20-23)30-22-25(16-19-37(30)42-36)40-32-11-5-3-8-26(32)28-21-24(15-17-34(28)40)41-33-12-6-4-9-27(33)38-31(39-2)10-7-13-35(38)41/h3-22H,1H3. The van der Waals surface area contributed by atoms with Crippen molar-refractivity contribution in [2.45, 2.75) is 6.92 Å². The van der Waals surface area contributed by atoms with E-state index in [9.17, 15) is 0 Å². The number of furan rings is 1. The number of nitrogens with zero attached hydrogens (tertiary/aromatic N) is 3. The summed E-state index contributed by atoms with van der Waals surface area (Å²) >= 11 is 0. The summed E-state index contributed by atoms with van der Waals surface area (Å²) in [5.74, 6) is 0. The van der Waals surface area contributed by atoms with Crippen LogP contribution in [0.15, 0.2) is 126 Å². The third-order valence-electron chi connectivity index (χ3n) is 8.58. The normalized spacial score (nSPS) is 11.9. The Bertz CT molecular complexity index is 2600. The third-order valence-corrected chi connectivity index (χ3v) is 8.58. The molecule has 3 aromatic heterocycles. The largest absolute Gasteiger partial charge is 0.456 e. The predicted molar refractivity (Wildman–Crippen MR) is 173 cm³/mol. The summed E-state index contributed by atoms with van der Waals surface area (Å²) in [6.45, 7) is 9.92. The molecule has 0 saturated carbocycles. The smallest absolute Gasteiger partial charge is 0.197 e. The molecule has 0 radical (unpaired) electrons. The van der Waals surface area contributed by atoms with Gasteiger partial charge >= 0.3 is 0 Å². The molecule has 4 nitrogen and oxygen atoms in total. The zero-order chi connectivity index (χ0) is 27.9. The van der Waals surface area contributed by atoms with Crippen molar-refractivity contribution < 1.29 is 4.42 Å². The van der Waals surface area contributed by atoms with Gasteiger partial charge in [-0.2, -0.15) is 0 Å². The van der Waals surface area contributed by atoms with Gasteiger partial charge in [0.1, 0.15) is 11.2 Å². The Morgan fingerprint density at radius 2 is 1.12 bits per heavy atom. The van der Waals surface area contributed by atoms with E-state index in [1.165, 1.54) is 16.3 Å². The highest BCUT2D eigenvalue weighted by atomic mass is 16.3. The highest BCUT2D eigenvalue weighted by Crippen LogP contribution is 2.40. The van der Waals surface area contributed by atoms with E-state index in [0.717, 1.165) is 66.2 Å². The molecule has 0 spiro atoms. The second kappa shape index (κ2) is 8.36. The molecule has 0 unspecified atom stereocenters. The van der Waals surface area contributed by atoms with Crippen molar-refractivity contribution in [3.8, 4) is 11.4 Å². The fourth-order valence-electron chi connectivity index (χ4n) is 6.77. The average molecular weight is 538 g/mol. The van der Waals surface area contributed by atoms with Crippen LogP contribution in [-0.2, 0) is 0 Å². The van der Waals surface area contributed by atoms with Crippen LogP contribution < -0.4 is 0 Å². The average Bonchev–Trinajstić information content (AvgIpc) is 3.68. The Morgan fingerprint density at radius 3 is 1.93 bits per heavy atom. The van der Waals surface area contributed by atoms with Crippen LogP contribution in [0, 0.1) is 13.5 Å². The second-order valence-electron chi connectivity index (χ2n) is 11.0. The quantitative estimate of drug-likeness (QED) is 0.202. The molecule has 0 saturated heterocycles. The van der Waals surface area contributed by atoms with E-state index in [0.29, 0.717) is 5.69 Å². The van der Waals surface area contributed by atoms with Crippen LogP contribution in [0.5, 0.6) is 0 Å². The summed E-state index contributed by atoms with van der Waals surface area (Å²) in [4.78, 5) is 3.85. The van der Waals surface area contributed by atoms with Gasteiger partial charge in [0.15, 0.2) is 5.69 Å². The van der Waals surface area contributed by atoms with Crippen molar-refractivity contribution in [2.24, 2.45) is 0 Å². The van der Waals surface area contributed by atoms with Gasteiger partial charge in [0, 0.05) is 43.8 Å². The van der Waals surface area contributed by atoms with Gasteiger partial charge in [-0.25, -0.2) is 4.85 Å². The molecule has 3 heterocycles. The van der Waals surface area contributed by atoms with Crippen LogP contribution in [0.1, 0.15) is 5.56 Å². The molecule has 0 atom stereocenters. The van der Waals surface area contributed by atoms with E-state index in [4.69, 9.17) is 11.0 Å². The number of aromatic nitrogens is 2. The first kappa shape index (κ1) is 23.0. The Balaban J connectivity index is 1.34. The number of hydrogen-bond acceptors (Lipinski definition) is 1. The second-order valence-corrected chi connectivity index (χ2v) is 11.0. The maximum absolute atomic E-state index is 7.80. The van der Waals surface area contributed by atoms with E-state index in [1.807, 2.05) is 18.2 Å². The fraction of sp³-hybridized carbons (Fsp3) is 0.0263. The minimum Gasteiger partial charge on any atom is -0.456 e. The highest BCUT2D eigenvalue weighted by Gasteiger charge is 2.18. The van der Waals surface area contributed by atoms with Crippen LogP contribution >= 0.6 is 0 Å². The lowest BCUT2D eigenvalue weighted by Gasteiger charge is -2.10. The number of benzene rings is 6. The van der Waals surface area contributed by atoms with Crippen molar-refractivity contribution in [3.05, 3.63) is 138 Å². The SMILES string of the molecule is [C-]#[N+]c1cccc2c1c1ccccc1n2-c1ccc2c(c1)c1ccccc1n2-c1ccc2oc3ccc(C)cc3c2c1. The molecular formula is C38H23N3O. The molecule has 196 valence electrons. The van der Waals surface area contributed by atoms with Crippen LogP contribution in [0.2, 0.25) is 0 Å². The van der Waals surface area contributed by atoms with Gasteiger partial charge in [0.2, 0.25) is 0 Å². The van der Waals surface area contributed by atoms with E-state index in [-0.39, 0.29) is 0 Å². The van der Waals surface area contributed by atoms with Gasteiger partial charge in [-0.05, 0) is 79.0 Å². The molecule has 0 fully saturated rings. The molecule has 0 bridgehead atoms. The summed E-state index contributed by atoms with van der Waals surface area (Å²) in [7, 11) is 0.